The number of hydrogen-bond donors (Lipinski definition) is 2. The first-order chi connectivity index (χ1) is 10.1. The molecule has 0 radical (unpaired) electrons. The summed E-state index contributed by atoms with van der Waals surface area (Å²) >= 11 is 0. The van der Waals surface area contributed by atoms with Crippen molar-refractivity contribution in [2.45, 2.75) is 11.3 Å². The predicted octanol–water partition coefficient (Wildman–Crippen LogP) is -0.659. The van der Waals surface area contributed by atoms with Gasteiger partial charge in [-0.2, -0.15) is 0 Å². The van der Waals surface area contributed by atoms with Gasteiger partial charge in [0.1, 0.15) is 4.90 Å². The Morgan fingerprint density at radius 2 is 2.14 bits per heavy atom. The van der Waals surface area contributed by atoms with Gasteiger partial charge in [-0.3, -0.25) is 4.98 Å². The van der Waals surface area contributed by atoms with Crippen LogP contribution in [0.2, 0.25) is 0 Å². The van der Waals surface area contributed by atoms with Crippen LogP contribution in [0.15, 0.2) is 23.4 Å². The zero-order valence-electron chi connectivity index (χ0n) is 11.4. The quantitative estimate of drug-likeness (QED) is 0.717. The smallest absolute Gasteiger partial charge is 0.255 e. The highest BCUT2D eigenvalue weighted by Crippen LogP contribution is 2.10. The number of aliphatic hydroxyl groups excluding tert-OH is 1. The Labute approximate surface area is 124 Å². The average Bonchev–Trinajstić information content (AvgIpc) is 2.48. The van der Waals surface area contributed by atoms with E-state index in [0.29, 0.717) is 38.3 Å². The van der Waals surface area contributed by atoms with Crippen LogP contribution in [0, 0.1) is 11.8 Å². The van der Waals surface area contributed by atoms with E-state index in [9.17, 15) is 8.42 Å². The van der Waals surface area contributed by atoms with Gasteiger partial charge in [-0.05, 0) is 6.07 Å². The lowest BCUT2D eigenvalue weighted by atomic mass is 10.3. The molecule has 0 aromatic carbocycles. The highest BCUT2D eigenvalue weighted by atomic mass is 32.2. The van der Waals surface area contributed by atoms with Crippen LogP contribution in [0.3, 0.4) is 0 Å². The maximum Gasteiger partial charge on any atom is 0.255 e. The minimum atomic E-state index is -3.67. The molecule has 1 aliphatic rings. The number of aromatic nitrogens is 1. The Balaban J connectivity index is 2.12. The number of aliphatic hydroxyl groups is 1. The zero-order chi connectivity index (χ0) is 15.1. The van der Waals surface area contributed by atoms with Crippen LogP contribution >= 0.6 is 0 Å². The Hall–Kier alpha value is -1.50. The van der Waals surface area contributed by atoms with Crippen molar-refractivity contribution in [3.05, 3.63) is 24.0 Å². The number of hydrazine groups is 1. The van der Waals surface area contributed by atoms with Crippen LogP contribution < -0.4 is 4.83 Å². The second kappa shape index (κ2) is 7.49. The largest absolute Gasteiger partial charge is 0.395 e. The fourth-order valence-corrected chi connectivity index (χ4v) is 2.84. The fraction of sp³-hybridized carbons (Fsp3) is 0.462. The molecule has 0 atom stereocenters. The number of hydrogen-bond acceptors (Lipinski definition) is 6. The molecule has 0 saturated carbocycles. The van der Waals surface area contributed by atoms with Gasteiger partial charge in [-0.15, -0.1) is 4.83 Å². The molecule has 2 heterocycles. The molecule has 0 amide bonds. The number of rotatable bonds is 4. The van der Waals surface area contributed by atoms with Crippen LogP contribution in [-0.2, 0) is 14.8 Å². The van der Waals surface area contributed by atoms with Crippen molar-refractivity contribution in [1.29, 1.82) is 0 Å². The highest BCUT2D eigenvalue weighted by molar-refractivity contribution is 7.89. The number of morpholine rings is 1. The first kappa shape index (κ1) is 15.9. The van der Waals surface area contributed by atoms with E-state index >= 15 is 0 Å². The van der Waals surface area contributed by atoms with Crippen molar-refractivity contribution >= 4 is 10.0 Å². The molecule has 2 rings (SSSR count). The topological polar surface area (TPSA) is 91.8 Å². The second-order valence-electron chi connectivity index (χ2n) is 4.38. The third-order valence-electron chi connectivity index (χ3n) is 2.75. The van der Waals surface area contributed by atoms with Gasteiger partial charge in [-0.25, -0.2) is 13.4 Å². The summed E-state index contributed by atoms with van der Waals surface area (Å²) in [6.07, 6.45) is 3.10. The molecular weight excluding hydrogens is 294 g/mol. The molecule has 114 valence electrons. The molecule has 1 fully saturated rings. The Bertz CT molecular complexity index is 630. The van der Waals surface area contributed by atoms with Crippen LogP contribution in [0.5, 0.6) is 0 Å². The van der Waals surface area contributed by atoms with E-state index in [-0.39, 0.29) is 11.5 Å². The summed E-state index contributed by atoms with van der Waals surface area (Å²) in [4.78, 5) is 6.46. The molecule has 1 aromatic rings. The monoisotopic (exact) mass is 311 g/mol. The van der Waals surface area contributed by atoms with E-state index < -0.39 is 10.0 Å². The summed E-state index contributed by atoms with van der Waals surface area (Å²) in [6, 6.07) is 1.46. The molecule has 0 spiro atoms. The summed E-state index contributed by atoms with van der Waals surface area (Å²) in [5.74, 6) is 5.49. The highest BCUT2D eigenvalue weighted by Gasteiger charge is 2.20. The summed E-state index contributed by atoms with van der Waals surface area (Å²) in [7, 11) is -3.67. The van der Waals surface area contributed by atoms with Crippen LogP contribution in [0.4, 0.5) is 0 Å². The van der Waals surface area contributed by atoms with Crippen molar-refractivity contribution in [1.82, 2.24) is 14.8 Å². The summed E-state index contributed by atoms with van der Waals surface area (Å²) in [6.45, 7) is 1.96. The maximum atomic E-state index is 12.3. The lowest BCUT2D eigenvalue weighted by molar-refractivity contribution is 0.0272. The predicted molar refractivity (Wildman–Crippen MR) is 75.5 cm³/mol. The number of pyridine rings is 1. The van der Waals surface area contributed by atoms with E-state index in [4.69, 9.17) is 9.84 Å². The normalized spacial score (nSPS) is 16.2. The van der Waals surface area contributed by atoms with E-state index in [1.54, 1.807) is 5.01 Å². The van der Waals surface area contributed by atoms with Gasteiger partial charge in [0.2, 0.25) is 0 Å². The fourth-order valence-electron chi connectivity index (χ4n) is 1.73. The zero-order valence-corrected chi connectivity index (χ0v) is 12.3. The first-order valence-electron chi connectivity index (χ1n) is 6.52. The molecular formula is C13H17N3O4S. The molecule has 0 bridgehead atoms. The van der Waals surface area contributed by atoms with E-state index in [1.165, 1.54) is 18.5 Å². The molecule has 0 aliphatic carbocycles. The number of ether oxygens (including phenoxy) is 1. The lowest BCUT2D eigenvalue weighted by Gasteiger charge is -2.26. The van der Waals surface area contributed by atoms with Crippen molar-refractivity contribution in [2.24, 2.45) is 0 Å². The minimum absolute atomic E-state index is 0.0307. The van der Waals surface area contributed by atoms with Crippen molar-refractivity contribution in [2.75, 3.05) is 32.9 Å². The second-order valence-corrected chi connectivity index (χ2v) is 6.04. The van der Waals surface area contributed by atoms with E-state index in [0.717, 1.165) is 0 Å². The van der Waals surface area contributed by atoms with Gasteiger partial charge in [0, 0.05) is 37.5 Å². The van der Waals surface area contributed by atoms with Crippen LogP contribution in [0.1, 0.15) is 12.0 Å². The van der Waals surface area contributed by atoms with Crippen molar-refractivity contribution in [3.63, 3.8) is 0 Å². The van der Waals surface area contributed by atoms with Gasteiger partial charge >= 0.3 is 0 Å². The van der Waals surface area contributed by atoms with Crippen molar-refractivity contribution < 1.29 is 18.3 Å². The molecule has 0 unspecified atom stereocenters. The number of nitrogens with zero attached hydrogens (tertiary/aromatic N) is 2. The van der Waals surface area contributed by atoms with Gasteiger partial charge in [-0.1, -0.05) is 11.8 Å². The molecule has 2 N–H and O–H groups in total. The number of nitrogens with one attached hydrogen (secondary N) is 1. The molecule has 1 aliphatic heterocycles. The molecule has 7 nitrogen and oxygen atoms in total. The van der Waals surface area contributed by atoms with E-state index in [1.807, 2.05) is 0 Å². The lowest BCUT2D eigenvalue weighted by Crippen LogP contribution is -2.48. The summed E-state index contributed by atoms with van der Waals surface area (Å²) < 4.78 is 29.7. The van der Waals surface area contributed by atoms with Crippen LogP contribution in [0.25, 0.3) is 0 Å². The van der Waals surface area contributed by atoms with Crippen LogP contribution in [-0.4, -0.2) is 56.4 Å². The Morgan fingerprint density at radius 3 is 2.86 bits per heavy atom. The van der Waals surface area contributed by atoms with Gasteiger partial charge in [0.05, 0.1) is 19.8 Å². The Kier molecular flexibility index (Phi) is 5.67. The SMILES string of the molecule is O=S(=O)(NN1CCOCC1)c1cncc(C#CCCO)c1. The summed E-state index contributed by atoms with van der Waals surface area (Å²) in [5, 5.41) is 10.3. The van der Waals surface area contributed by atoms with Gasteiger partial charge in [0.25, 0.3) is 10.0 Å². The van der Waals surface area contributed by atoms with E-state index in [2.05, 4.69) is 21.7 Å². The molecule has 1 aromatic heterocycles. The third-order valence-corrected chi connectivity index (χ3v) is 4.10. The molecule has 21 heavy (non-hydrogen) atoms. The number of sulfonamides is 1. The first-order valence-corrected chi connectivity index (χ1v) is 8.00. The third kappa shape index (κ3) is 4.77. The van der Waals surface area contributed by atoms with Gasteiger partial charge in [0.15, 0.2) is 0 Å². The molecule has 1 saturated heterocycles. The molecule has 8 heteroatoms. The van der Waals surface area contributed by atoms with Crippen molar-refractivity contribution in [3.8, 4) is 11.8 Å². The standard InChI is InChI=1S/C13H17N3O4S/c17-6-2-1-3-12-9-13(11-14-10-12)21(18,19)15-16-4-7-20-8-5-16/h9-11,15,17H,2,4-8H2. The Morgan fingerprint density at radius 1 is 1.38 bits per heavy atom. The maximum absolute atomic E-state index is 12.3. The summed E-state index contributed by atoms with van der Waals surface area (Å²) in [5.41, 5.74) is 0.494. The minimum Gasteiger partial charge on any atom is -0.395 e. The average molecular weight is 311 g/mol. The van der Waals surface area contributed by atoms with Gasteiger partial charge < -0.3 is 9.84 Å².